The smallest absolute Gasteiger partial charge is 0.268 e. The molecule has 0 saturated heterocycles. The molecule has 0 aromatic heterocycles. The fraction of sp³-hybridized carbons (Fsp3) is 0.467. The van der Waals surface area contributed by atoms with Gasteiger partial charge in [0.2, 0.25) is 5.91 Å². The molecule has 0 unspecified atom stereocenters. The van der Waals surface area contributed by atoms with Crippen molar-refractivity contribution in [3.63, 3.8) is 0 Å². The second-order valence-corrected chi connectivity index (χ2v) is 5.13. The molecule has 5 heteroatoms. The van der Waals surface area contributed by atoms with Crippen LogP contribution in [0.25, 0.3) is 0 Å². The predicted molar refractivity (Wildman–Crippen MR) is 76.8 cm³/mol. The van der Waals surface area contributed by atoms with E-state index in [-0.39, 0.29) is 24.4 Å². The number of hydrogen-bond acceptors (Lipinski definition) is 3. The fourth-order valence-corrected chi connectivity index (χ4v) is 2.21. The van der Waals surface area contributed by atoms with E-state index in [1.807, 2.05) is 39.0 Å². The molecule has 2 rings (SSSR count). The second kappa shape index (κ2) is 5.94. The van der Waals surface area contributed by atoms with E-state index in [9.17, 15) is 9.59 Å². The lowest BCUT2D eigenvalue weighted by molar-refractivity contribution is -0.129. The van der Waals surface area contributed by atoms with Gasteiger partial charge in [0, 0.05) is 6.04 Å². The monoisotopic (exact) mass is 276 g/mol. The highest BCUT2D eigenvalue weighted by Gasteiger charge is 2.34. The van der Waals surface area contributed by atoms with Crippen molar-refractivity contribution in [3.8, 4) is 5.75 Å². The molecule has 1 heterocycles. The van der Waals surface area contributed by atoms with E-state index < -0.39 is 6.10 Å². The molecule has 108 valence electrons. The Morgan fingerprint density at radius 3 is 2.75 bits per heavy atom. The zero-order valence-electron chi connectivity index (χ0n) is 12.1. The van der Waals surface area contributed by atoms with E-state index in [1.165, 1.54) is 4.90 Å². The molecule has 0 aliphatic carbocycles. The van der Waals surface area contributed by atoms with Gasteiger partial charge in [-0.15, -0.1) is 0 Å². The summed E-state index contributed by atoms with van der Waals surface area (Å²) in [6, 6.07) is 7.35. The third-order valence-electron chi connectivity index (χ3n) is 3.09. The Kier molecular flexibility index (Phi) is 4.27. The quantitative estimate of drug-likeness (QED) is 0.911. The highest BCUT2D eigenvalue weighted by Crippen LogP contribution is 2.34. The van der Waals surface area contributed by atoms with Gasteiger partial charge >= 0.3 is 0 Å². The van der Waals surface area contributed by atoms with Gasteiger partial charge in [-0.3, -0.25) is 14.5 Å². The van der Waals surface area contributed by atoms with Crippen LogP contribution < -0.4 is 15.0 Å². The average molecular weight is 276 g/mol. The molecule has 0 fully saturated rings. The van der Waals surface area contributed by atoms with Gasteiger partial charge in [-0.05, 0) is 32.4 Å². The Morgan fingerprint density at radius 2 is 2.10 bits per heavy atom. The van der Waals surface area contributed by atoms with Crippen molar-refractivity contribution in [1.29, 1.82) is 0 Å². The maximum Gasteiger partial charge on any atom is 0.268 e. The van der Waals surface area contributed by atoms with Gasteiger partial charge in [0.25, 0.3) is 5.91 Å². The molecule has 1 aromatic rings. The van der Waals surface area contributed by atoms with Gasteiger partial charge in [0.15, 0.2) is 6.10 Å². The molecule has 1 aliphatic rings. The van der Waals surface area contributed by atoms with E-state index in [0.29, 0.717) is 17.9 Å². The number of carbonyl (C=O) groups excluding carboxylic acids is 2. The zero-order chi connectivity index (χ0) is 14.7. The largest absolute Gasteiger partial charge is 0.478 e. The summed E-state index contributed by atoms with van der Waals surface area (Å²) in [6.07, 6.45) is 0.0619. The van der Waals surface area contributed by atoms with E-state index in [1.54, 1.807) is 6.07 Å². The van der Waals surface area contributed by atoms with Crippen LogP contribution in [0, 0.1) is 0 Å². The topological polar surface area (TPSA) is 58.6 Å². The summed E-state index contributed by atoms with van der Waals surface area (Å²) < 4.78 is 5.66. The van der Waals surface area contributed by atoms with Crippen molar-refractivity contribution in [2.45, 2.75) is 39.3 Å². The number of nitrogens with one attached hydrogen (secondary N) is 1. The Balaban J connectivity index is 2.25. The summed E-state index contributed by atoms with van der Waals surface area (Å²) >= 11 is 0. The summed E-state index contributed by atoms with van der Waals surface area (Å²) in [5.74, 6) is 0.321. The molecule has 0 bridgehead atoms. The van der Waals surface area contributed by atoms with Crippen LogP contribution >= 0.6 is 0 Å². The third-order valence-corrected chi connectivity index (χ3v) is 3.09. The van der Waals surface area contributed by atoms with Gasteiger partial charge in [-0.1, -0.05) is 19.1 Å². The Bertz CT molecular complexity index is 514. The van der Waals surface area contributed by atoms with Gasteiger partial charge in [-0.2, -0.15) is 0 Å². The minimum atomic E-state index is -0.517. The minimum Gasteiger partial charge on any atom is -0.478 e. The number of benzene rings is 1. The van der Waals surface area contributed by atoms with Crippen molar-refractivity contribution in [2.24, 2.45) is 0 Å². The molecule has 0 spiro atoms. The number of rotatable bonds is 4. The van der Waals surface area contributed by atoms with Gasteiger partial charge in [0.1, 0.15) is 12.3 Å². The first-order chi connectivity index (χ1) is 9.52. The summed E-state index contributed by atoms with van der Waals surface area (Å²) in [5.41, 5.74) is 0.654. The number of carbonyl (C=O) groups is 2. The van der Waals surface area contributed by atoms with E-state index in [2.05, 4.69) is 5.32 Å². The molecule has 1 N–H and O–H groups in total. The van der Waals surface area contributed by atoms with E-state index in [0.717, 1.165) is 0 Å². The summed E-state index contributed by atoms with van der Waals surface area (Å²) in [6.45, 7) is 5.69. The lowest BCUT2D eigenvalue weighted by atomic mass is 10.1. The lowest BCUT2D eigenvalue weighted by Crippen LogP contribution is -2.50. The summed E-state index contributed by atoms with van der Waals surface area (Å²) in [4.78, 5) is 25.8. The number of anilines is 1. The number of nitrogens with zero attached hydrogens (tertiary/aromatic N) is 1. The number of fused-ring (bicyclic) bond motifs is 1. The maximum atomic E-state index is 12.4. The molecule has 1 atom stereocenters. The van der Waals surface area contributed by atoms with Crippen molar-refractivity contribution >= 4 is 17.5 Å². The highest BCUT2D eigenvalue weighted by molar-refractivity contribution is 6.03. The fourth-order valence-electron chi connectivity index (χ4n) is 2.21. The zero-order valence-corrected chi connectivity index (χ0v) is 12.1. The van der Waals surface area contributed by atoms with Crippen molar-refractivity contribution in [2.75, 3.05) is 11.4 Å². The summed E-state index contributed by atoms with van der Waals surface area (Å²) in [7, 11) is 0. The molecular formula is C15H20N2O3. The molecule has 2 amide bonds. The van der Waals surface area contributed by atoms with Gasteiger partial charge < -0.3 is 10.1 Å². The Hall–Kier alpha value is -2.04. The molecule has 0 radical (unpaired) electrons. The Morgan fingerprint density at radius 1 is 1.40 bits per heavy atom. The van der Waals surface area contributed by atoms with Crippen LogP contribution in [-0.2, 0) is 9.59 Å². The molecule has 5 nitrogen and oxygen atoms in total. The van der Waals surface area contributed by atoms with Crippen LogP contribution in [0.15, 0.2) is 24.3 Å². The number of para-hydroxylation sites is 2. The highest BCUT2D eigenvalue weighted by atomic mass is 16.5. The average Bonchev–Trinajstić information content (AvgIpc) is 2.40. The van der Waals surface area contributed by atoms with Crippen LogP contribution in [0.1, 0.15) is 27.2 Å². The number of ether oxygens (including phenoxy) is 1. The molecular weight excluding hydrogens is 256 g/mol. The first-order valence-electron chi connectivity index (χ1n) is 6.89. The normalized spacial score (nSPS) is 17.7. The summed E-state index contributed by atoms with van der Waals surface area (Å²) in [5, 5.41) is 2.80. The first-order valence-corrected chi connectivity index (χ1v) is 6.89. The van der Waals surface area contributed by atoms with Crippen molar-refractivity contribution < 1.29 is 14.3 Å². The van der Waals surface area contributed by atoms with E-state index in [4.69, 9.17) is 4.74 Å². The van der Waals surface area contributed by atoms with Gasteiger partial charge in [-0.25, -0.2) is 0 Å². The van der Waals surface area contributed by atoms with Crippen LogP contribution in [0.4, 0.5) is 5.69 Å². The van der Waals surface area contributed by atoms with Crippen LogP contribution in [-0.4, -0.2) is 30.5 Å². The van der Waals surface area contributed by atoms with Crippen LogP contribution in [0.3, 0.4) is 0 Å². The van der Waals surface area contributed by atoms with E-state index >= 15 is 0 Å². The van der Waals surface area contributed by atoms with Crippen LogP contribution in [0.5, 0.6) is 5.75 Å². The van der Waals surface area contributed by atoms with Crippen molar-refractivity contribution in [1.82, 2.24) is 5.32 Å². The molecule has 1 aliphatic heterocycles. The third kappa shape index (κ3) is 2.92. The van der Waals surface area contributed by atoms with Crippen molar-refractivity contribution in [3.05, 3.63) is 24.3 Å². The van der Waals surface area contributed by atoms with Crippen LogP contribution in [0.2, 0.25) is 0 Å². The lowest BCUT2D eigenvalue weighted by Gasteiger charge is -2.33. The molecule has 0 saturated carbocycles. The standard InChI is InChI=1S/C15H20N2O3/c1-4-12-15(19)17(9-14(18)16-10(2)3)11-7-5-6-8-13(11)20-12/h5-8,10,12H,4,9H2,1-3H3,(H,16,18)/t12-/m0/s1. The second-order valence-electron chi connectivity index (χ2n) is 5.13. The number of amides is 2. The molecule has 20 heavy (non-hydrogen) atoms. The maximum absolute atomic E-state index is 12.4. The SMILES string of the molecule is CC[C@@H]1Oc2ccccc2N(CC(=O)NC(C)C)C1=O. The Labute approximate surface area is 118 Å². The first kappa shape index (κ1) is 14.4. The predicted octanol–water partition coefficient (Wildman–Crippen LogP) is 1.72. The minimum absolute atomic E-state index is 0.0217. The number of hydrogen-bond donors (Lipinski definition) is 1. The molecule has 1 aromatic carbocycles. The van der Waals surface area contributed by atoms with Gasteiger partial charge in [0.05, 0.1) is 5.69 Å².